The van der Waals surface area contributed by atoms with E-state index < -0.39 is 0 Å². The van der Waals surface area contributed by atoms with Crippen LogP contribution in [0.25, 0.3) is 12.2 Å². The summed E-state index contributed by atoms with van der Waals surface area (Å²) in [7, 11) is 0. The average molecular weight is 425 g/mol. The number of amidine groups is 1. The molecule has 1 fully saturated rings. The number of aliphatic imine (C=N–C) groups is 2. The van der Waals surface area contributed by atoms with Gasteiger partial charge in [0, 0.05) is 37.3 Å². The maximum absolute atomic E-state index is 9.55. The fraction of sp³-hybridized carbons (Fsp3) is 0.318. The molecule has 3 rings (SSSR count). The van der Waals surface area contributed by atoms with Gasteiger partial charge in [0.2, 0.25) is 0 Å². The van der Waals surface area contributed by atoms with Crippen molar-refractivity contribution in [3.8, 4) is 5.75 Å². The number of phenolic OH excluding ortho intramolecular Hbond substituents is 1. The Morgan fingerprint density at radius 1 is 1.37 bits per heavy atom. The number of anilines is 1. The summed E-state index contributed by atoms with van der Waals surface area (Å²) in [5.41, 5.74) is 0.946. The Hall–Kier alpha value is -2.97. The molecule has 1 saturated heterocycles. The molecule has 0 radical (unpaired) electrons. The molecule has 1 aliphatic heterocycles. The molecule has 0 saturated carbocycles. The molecule has 3 N–H and O–H groups in total. The highest BCUT2D eigenvalue weighted by Crippen LogP contribution is 2.21. The summed E-state index contributed by atoms with van der Waals surface area (Å²) in [6, 6.07) is 7.15. The molecule has 7 nitrogen and oxygen atoms in total. The minimum absolute atomic E-state index is 0.260. The fourth-order valence-electron chi connectivity index (χ4n) is 3.00. The maximum Gasteiger partial charge on any atom is 0.183 e. The van der Waals surface area contributed by atoms with Gasteiger partial charge in [-0.1, -0.05) is 29.5 Å². The highest BCUT2D eigenvalue weighted by Gasteiger charge is 2.11. The second kappa shape index (κ2) is 11.3. The SMILES string of the molecule is C=N/C(C)=N\C(=C/CNc1ncc(/C=C/c2cccc(O)c2)s1)N1CCCNCC1. The lowest BCUT2D eigenvalue weighted by Gasteiger charge is -2.22. The molecule has 1 aromatic carbocycles. The van der Waals surface area contributed by atoms with Gasteiger partial charge in [0.05, 0.1) is 0 Å². The van der Waals surface area contributed by atoms with Crippen LogP contribution in [0.1, 0.15) is 23.8 Å². The number of nitrogens with zero attached hydrogens (tertiary/aromatic N) is 4. The highest BCUT2D eigenvalue weighted by molar-refractivity contribution is 7.16. The van der Waals surface area contributed by atoms with Crippen LogP contribution in [0.4, 0.5) is 5.13 Å². The predicted molar refractivity (Wildman–Crippen MR) is 127 cm³/mol. The molecule has 0 aliphatic carbocycles. The lowest BCUT2D eigenvalue weighted by Crippen LogP contribution is -2.27. The molecule has 30 heavy (non-hydrogen) atoms. The van der Waals surface area contributed by atoms with E-state index in [4.69, 9.17) is 0 Å². The van der Waals surface area contributed by atoms with E-state index in [0.29, 0.717) is 12.4 Å². The average Bonchev–Trinajstić information content (AvgIpc) is 3.02. The third-order valence-corrected chi connectivity index (χ3v) is 5.46. The van der Waals surface area contributed by atoms with Crippen molar-refractivity contribution >= 4 is 41.2 Å². The zero-order valence-corrected chi connectivity index (χ0v) is 18.0. The molecule has 0 amide bonds. The summed E-state index contributed by atoms with van der Waals surface area (Å²) >= 11 is 1.58. The quantitative estimate of drug-likeness (QED) is 0.466. The van der Waals surface area contributed by atoms with Crippen molar-refractivity contribution in [1.82, 2.24) is 15.2 Å². The number of aromatic hydroxyl groups is 1. The number of benzene rings is 1. The lowest BCUT2D eigenvalue weighted by molar-refractivity contribution is 0.363. The summed E-state index contributed by atoms with van der Waals surface area (Å²) in [5.74, 6) is 1.83. The highest BCUT2D eigenvalue weighted by atomic mass is 32.1. The van der Waals surface area contributed by atoms with E-state index in [1.165, 1.54) is 0 Å². The zero-order chi connectivity index (χ0) is 21.2. The van der Waals surface area contributed by atoms with Crippen LogP contribution in [0.5, 0.6) is 5.75 Å². The van der Waals surface area contributed by atoms with Gasteiger partial charge in [-0.15, -0.1) is 0 Å². The molecule has 158 valence electrons. The summed E-state index contributed by atoms with van der Waals surface area (Å²) < 4.78 is 0. The second-order valence-corrected chi connectivity index (χ2v) is 7.91. The number of aromatic nitrogens is 1. The van der Waals surface area contributed by atoms with Crippen LogP contribution in [-0.2, 0) is 0 Å². The number of hydrogen-bond acceptors (Lipinski definition) is 7. The van der Waals surface area contributed by atoms with Crippen molar-refractivity contribution < 1.29 is 5.11 Å². The Labute approximate surface area is 181 Å². The number of rotatable bonds is 7. The number of nitrogens with one attached hydrogen (secondary N) is 2. The van der Waals surface area contributed by atoms with Gasteiger partial charge in [-0.3, -0.25) is 0 Å². The van der Waals surface area contributed by atoms with E-state index in [9.17, 15) is 5.11 Å². The van der Waals surface area contributed by atoms with Crippen LogP contribution in [0, 0.1) is 0 Å². The monoisotopic (exact) mass is 424 g/mol. The van der Waals surface area contributed by atoms with E-state index >= 15 is 0 Å². The maximum atomic E-state index is 9.55. The van der Waals surface area contributed by atoms with Gasteiger partial charge >= 0.3 is 0 Å². The molecular weight excluding hydrogens is 396 g/mol. The van der Waals surface area contributed by atoms with Gasteiger partial charge in [0.1, 0.15) is 17.4 Å². The molecule has 2 heterocycles. The third-order valence-electron chi connectivity index (χ3n) is 4.54. The number of phenols is 1. The van der Waals surface area contributed by atoms with E-state index in [0.717, 1.165) is 54.0 Å². The molecule has 0 spiro atoms. The Morgan fingerprint density at radius 2 is 2.27 bits per heavy atom. The van der Waals surface area contributed by atoms with Gasteiger partial charge in [0.15, 0.2) is 5.13 Å². The van der Waals surface area contributed by atoms with Crippen LogP contribution >= 0.6 is 11.3 Å². The Bertz CT molecular complexity index is 925. The fourth-order valence-corrected chi connectivity index (χ4v) is 3.73. The van der Waals surface area contributed by atoms with Crippen molar-refractivity contribution in [3.63, 3.8) is 0 Å². The second-order valence-electron chi connectivity index (χ2n) is 6.85. The summed E-state index contributed by atoms with van der Waals surface area (Å²) in [5, 5.41) is 17.2. The Balaban J connectivity index is 1.62. The van der Waals surface area contributed by atoms with Crippen LogP contribution in [-0.4, -0.2) is 60.3 Å². The Morgan fingerprint density at radius 3 is 3.10 bits per heavy atom. The van der Waals surface area contributed by atoms with Crippen molar-refractivity contribution in [2.75, 3.05) is 38.0 Å². The van der Waals surface area contributed by atoms with Gasteiger partial charge in [-0.25, -0.2) is 15.0 Å². The molecule has 0 atom stereocenters. The zero-order valence-electron chi connectivity index (χ0n) is 17.2. The van der Waals surface area contributed by atoms with Gasteiger partial charge < -0.3 is 20.6 Å². The smallest absolute Gasteiger partial charge is 0.183 e. The van der Waals surface area contributed by atoms with Crippen LogP contribution in [0.2, 0.25) is 0 Å². The number of thiazole rings is 1. The van der Waals surface area contributed by atoms with Crippen LogP contribution in [0.15, 0.2) is 52.3 Å². The summed E-state index contributed by atoms with van der Waals surface area (Å²) in [6.45, 7) is 9.91. The van der Waals surface area contributed by atoms with Gasteiger partial charge in [0.25, 0.3) is 0 Å². The van der Waals surface area contributed by atoms with Crippen LogP contribution < -0.4 is 10.6 Å². The molecule has 1 aliphatic rings. The standard InChI is InChI=1S/C22H28N6OS/c1-17(23-2)27-21(28-13-4-10-24-12-14-28)9-11-25-22-26-16-20(30-22)8-7-18-5-3-6-19(29)15-18/h3,5-9,15-16,24,29H,2,4,10-14H2,1H3,(H,25,26)/b8-7+,21-9+,27-17-. The minimum atomic E-state index is 0.260. The first-order valence-electron chi connectivity index (χ1n) is 9.99. The van der Waals surface area contributed by atoms with Crippen molar-refractivity contribution in [1.29, 1.82) is 0 Å². The van der Waals surface area contributed by atoms with Crippen LogP contribution in [0.3, 0.4) is 0 Å². The van der Waals surface area contributed by atoms with E-state index in [-0.39, 0.29) is 5.75 Å². The normalized spacial score (nSPS) is 16.0. The molecule has 0 bridgehead atoms. The van der Waals surface area contributed by atoms with Gasteiger partial charge in [-0.2, -0.15) is 0 Å². The molecule has 2 aromatic rings. The van der Waals surface area contributed by atoms with E-state index in [2.05, 4.69) is 43.3 Å². The summed E-state index contributed by atoms with van der Waals surface area (Å²) in [4.78, 5) is 16.3. The van der Waals surface area contributed by atoms with Crippen molar-refractivity contribution in [2.45, 2.75) is 13.3 Å². The first-order valence-corrected chi connectivity index (χ1v) is 10.8. The summed E-state index contributed by atoms with van der Waals surface area (Å²) in [6.07, 6.45) is 8.95. The first kappa shape index (κ1) is 21.7. The molecule has 0 unspecified atom stereocenters. The Kier molecular flexibility index (Phi) is 8.17. The molecular formula is C22H28N6OS. The lowest BCUT2D eigenvalue weighted by atomic mass is 10.2. The van der Waals surface area contributed by atoms with Gasteiger partial charge in [-0.05, 0) is 56.5 Å². The van der Waals surface area contributed by atoms with Crippen molar-refractivity contribution in [2.24, 2.45) is 9.98 Å². The molecule has 8 heteroatoms. The van der Waals surface area contributed by atoms with Crippen molar-refractivity contribution in [3.05, 3.63) is 52.8 Å². The topological polar surface area (TPSA) is 85.1 Å². The largest absolute Gasteiger partial charge is 0.508 e. The number of hydrogen-bond donors (Lipinski definition) is 3. The van der Waals surface area contributed by atoms with E-state index in [1.54, 1.807) is 23.5 Å². The third kappa shape index (κ3) is 6.82. The minimum Gasteiger partial charge on any atom is -0.508 e. The predicted octanol–water partition coefficient (Wildman–Crippen LogP) is 3.69. The first-order chi connectivity index (χ1) is 14.6. The van der Waals surface area contributed by atoms with E-state index in [1.807, 2.05) is 37.4 Å². The molecule has 1 aromatic heterocycles.